The Morgan fingerprint density at radius 2 is 1.72 bits per heavy atom. The van der Waals surface area contributed by atoms with Crippen LogP contribution in [0.3, 0.4) is 0 Å². The third-order valence-electron chi connectivity index (χ3n) is 3.43. The molecule has 0 fully saturated rings. The van der Waals surface area contributed by atoms with Crippen molar-refractivity contribution in [2.24, 2.45) is 4.40 Å². The number of carbonyl (C=O) groups excluding carboxylic acids is 1. The van der Waals surface area contributed by atoms with Crippen LogP contribution in [0, 0.1) is 6.92 Å². The Hall–Kier alpha value is -2.22. The van der Waals surface area contributed by atoms with Gasteiger partial charge < -0.3 is 0 Å². The van der Waals surface area contributed by atoms with Crippen LogP contribution < -0.4 is 4.80 Å². The van der Waals surface area contributed by atoms with Gasteiger partial charge in [-0.25, -0.2) is 0 Å². The SMILES string of the molecule is Cc1ccc(S(=O)(=O)/N=c2\sc(C=O)c(Cl)n2-c2ccccc2)cc1. The second-order valence-electron chi connectivity index (χ2n) is 5.21. The number of sulfonamides is 1. The van der Waals surface area contributed by atoms with Crippen LogP contribution in [0.1, 0.15) is 15.2 Å². The van der Waals surface area contributed by atoms with Crippen molar-refractivity contribution in [2.75, 3.05) is 0 Å². The molecule has 0 saturated carbocycles. The molecule has 8 heteroatoms. The van der Waals surface area contributed by atoms with E-state index in [0.717, 1.165) is 16.9 Å². The maximum atomic E-state index is 12.6. The minimum absolute atomic E-state index is 0.0786. The number of para-hydroxylation sites is 1. The van der Waals surface area contributed by atoms with Crippen LogP contribution in [0.25, 0.3) is 5.69 Å². The number of aldehydes is 1. The van der Waals surface area contributed by atoms with Crippen LogP contribution in [0.2, 0.25) is 5.15 Å². The zero-order valence-corrected chi connectivity index (χ0v) is 15.5. The van der Waals surface area contributed by atoms with Crippen LogP contribution in [0.4, 0.5) is 0 Å². The third kappa shape index (κ3) is 3.58. The third-order valence-corrected chi connectivity index (χ3v) is 6.28. The molecule has 1 aromatic heterocycles. The molecule has 0 N–H and O–H groups in total. The van der Waals surface area contributed by atoms with E-state index in [9.17, 15) is 13.2 Å². The van der Waals surface area contributed by atoms with Gasteiger partial charge in [-0.1, -0.05) is 58.8 Å². The van der Waals surface area contributed by atoms with E-state index in [1.54, 1.807) is 36.4 Å². The standard InChI is InChI=1S/C17H13ClN2O3S2/c1-12-7-9-14(10-8-12)25(22,23)19-17-20(13-5-3-2-4-6-13)16(18)15(11-21)24-17/h2-11H,1H3/b19-17-. The summed E-state index contributed by atoms with van der Waals surface area (Å²) in [5.74, 6) is 0. The minimum Gasteiger partial charge on any atom is -0.297 e. The summed E-state index contributed by atoms with van der Waals surface area (Å²) in [7, 11) is -3.93. The summed E-state index contributed by atoms with van der Waals surface area (Å²) in [6.07, 6.45) is 0.587. The first-order chi connectivity index (χ1) is 11.9. The molecule has 0 unspecified atom stereocenters. The van der Waals surface area contributed by atoms with E-state index in [2.05, 4.69) is 4.40 Å². The first-order valence-corrected chi connectivity index (χ1v) is 9.85. The molecule has 0 aliphatic rings. The maximum Gasteiger partial charge on any atom is 0.285 e. The van der Waals surface area contributed by atoms with Gasteiger partial charge in [0.1, 0.15) is 10.0 Å². The van der Waals surface area contributed by atoms with E-state index < -0.39 is 10.0 Å². The Labute approximate surface area is 153 Å². The number of aryl methyl sites for hydroxylation is 1. The van der Waals surface area contributed by atoms with Gasteiger partial charge in [0.15, 0.2) is 6.29 Å². The summed E-state index contributed by atoms with van der Waals surface area (Å²) < 4.78 is 30.6. The lowest BCUT2D eigenvalue weighted by molar-refractivity contribution is 0.112. The van der Waals surface area contributed by atoms with E-state index >= 15 is 0 Å². The maximum absolute atomic E-state index is 12.6. The minimum atomic E-state index is -3.93. The molecule has 128 valence electrons. The summed E-state index contributed by atoms with van der Waals surface area (Å²) in [5, 5.41) is 0.129. The molecular weight excluding hydrogens is 380 g/mol. The van der Waals surface area contributed by atoms with E-state index in [1.165, 1.54) is 16.7 Å². The molecule has 0 spiro atoms. The molecule has 5 nitrogen and oxygen atoms in total. The lowest BCUT2D eigenvalue weighted by Crippen LogP contribution is -2.15. The predicted molar refractivity (Wildman–Crippen MR) is 98.0 cm³/mol. The molecule has 25 heavy (non-hydrogen) atoms. The topological polar surface area (TPSA) is 68.5 Å². The van der Waals surface area contributed by atoms with Crippen molar-refractivity contribution in [1.29, 1.82) is 0 Å². The quantitative estimate of drug-likeness (QED) is 0.637. The second-order valence-corrected chi connectivity index (χ2v) is 8.18. The number of halogens is 1. The molecule has 0 aliphatic carbocycles. The number of thiazole rings is 1. The molecule has 0 amide bonds. The van der Waals surface area contributed by atoms with Gasteiger partial charge in [0.2, 0.25) is 4.80 Å². The zero-order chi connectivity index (χ0) is 18.0. The number of carbonyl (C=O) groups is 1. The Morgan fingerprint density at radius 1 is 1.08 bits per heavy atom. The molecule has 0 aliphatic heterocycles. The highest BCUT2D eigenvalue weighted by Gasteiger charge is 2.17. The molecule has 3 rings (SSSR count). The Kier molecular flexibility index (Phi) is 4.89. The van der Waals surface area contributed by atoms with Gasteiger partial charge in [-0.3, -0.25) is 9.36 Å². The Morgan fingerprint density at radius 3 is 2.32 bits per heavy atom. The molecule has 0 radical (unpaired) electrons. The lowest BCUT2D eigenvalue weighted by Gasteiger charge is -2.04. The first kappa shape index (κ1) is 17.6. The molecule has 0 bridgehead atoms. The number of rotatable bonds is 4. The normalized spacial score (nSPS) is 12.3. The number of aromatic nitrogens is 1. The van der Waals surface area contributed by atoms with E-state index in [4.69, 9.17) is 11.6 Å². The first-order valence-electron chi connectivity index (χ1n) is 7.22. The van der Waals surface area contributed by atoms with Crippen molar-refractivity contribution in [3.8, 4) is 5.69 Å². The molecule has 2 aromatic carbocycles. The number of benzene rings is 2. The van der Waals surface area contributed by atoms with Crippen molar-refractivity contribution in [1.82, 2.24) is 4.57 Å². The number of hydrogen-bond donors (Lipinski definition) is 0. The van der Waals surface area contributed by atoms with Gasteiger partial charge in [-0.2, -0.15) is 8.42 Å². The summed E-state index contributed by atoms with van der Waals surface area (Å²) in [6.45, 7) is 1.87. The Balaban J connectivity index is 2.25. The van der Waals surface area contributed by atoms with Crippen LogP contribution in [0.5, 0.6) is 0 Å². The number of hydrogen-bond acceptors (Lipinski definition) is 4. The van der Waals surface area contributed by atoms with E-state index in [0.29, 0.717) is 12.0 Å². The van der Waals surface area contributed by atoms with Gasteiger partial charge in [0, 0.05) is 5.69 Å². The molecule has 0 saturated heterocycles. The van der Waals surface area contributed by atoms with Crippen molar-refractivity contribution in [3.63, 3.8) is 0 Å². The highest BCUT2D eigenvalue weighted by Crippen LogP contribution is 2.22. The van der Waals surface area contributed by atoms with Crippen LogP contribution in [0.15, 0.2) is 63.9 Å². The fraction of sp³-hybridized carbons (Fsp3) is 0.0588. The average molecular weight is 393 g/mol. The van der Waals surface area contributed by atoms with Crippen LogP contribution in [-0.4, -0.2) is 19.3 Å². The van der Waals surface area contributed by atoms with Gasteiger partial charge in [0.25, 0.3) is 10.0 Å². The zero-order valence-electron chi connectivity index (χ0n) is 13.1. The van der Waals surface area contributed by atoms with Crippen LogP contribution in [-0.2, 0) is 10.0 Å². The van der Waals surface area contributed by atoms with Gasteiger partial charge in [-0.05, 0) is 31.2 Å². The monoisotopic (exact) mass is 392 g/mol. The van der Waals surface area contributed by atoms with Gasteiger partial charge in [0.05, 0.1) is 4.90 Å². The van der Waals surface area contributed by atoms with Crippen LogP contribution >= 0.6 is 22.9 Å². The summed E-state index contributed by atoms with van der Waals surface area (Å²) in [6, 6.07) is 15.3. The lowest BCUT2D eigenvalue weighted by atomic mass is 10.2. The average Bonchev–Trinajstić information content (AvgIpc) is 2.90. The van der Waals surface area contributed by atoms with Gasteiger partial charge >= 0.3 is 0 Å². The fourth-order valence-electron chi connectivity index (χ4n) is 2.18. The molecule has 3 aromatic rings. The van der Waals surface area contributed by atoms with E-state index in [-0.39, 0.29) is 19.7 Å². The highest BCUT2D eigenvalue weighted by atomic mass is 35.5. The van der Waals surface area contributed by atoms with Crippen molar-refractivity contribution >= 4 is 39.2 Å². The van der Waals surface area contributed by atoms with E-state index in [1.807, 2.05) is 13.0 Å². The highest BCUT2D eigenvalue weighted by molar-refractivity contribution is 7.90. The Bertz CT molecular complexity index is 1080. The second kappa shape index (κ2) is 6.95. The van der Waals surface area contributed by atoms with Crippen molar-refractivity contribution < 1.29 is 13.2 Å². The molecular formula is C17H13ClN2O3S2. The largest absolute Gasteiger partial charge is 0.297 e. The van der Waals surface area contributed by atoms with Crippen molar-refractivity contribution in [3.05, 3.63) is 75.0 Å². The molecule has 1 heterocycles. The van der Waals surface area contributed by atoms with Crippen molar-refractivity contribution in [2.45, 2.75) is 11.8 Å². The number of nitrogens with zero attached hydrogens (tertiary/aromatic N) is 2. The predicted octanol–water partition coefficient (Wildman–Crippen LogP) is 3.60. The smallest absolute Gasteiger partial charge is 0.285 e. The molecule has 0 atom stereocenters. The van der Waals surface area contributed by atoms with Gasteiger partial charge in [-0.15, -0.1) is 4.40 Å². The fourth-order valence-corrected chi connectivity index (χ4v) is 4.59. The summed E-state index contributed by atoms with van der Waals surface area (Å²) in [4.78, 5) is 11.6. The summed E-state index contributed by atoms with van der Waals surface area (Å²) >= 11 is 7.17. The summed E-state index contributed by atoms with van der Waals surface area (Å²) in [5.41, 5.74) is 1.57.